The average Bonchev–Trinajstić information content (AvgIpc) is 2.58. The largest absolute Gasteiger partial charge is 0.459 e. The number of ether oxygens (including phenoxy) is 2. The molecule has 0 aromatic heterocycles. The van der Waals surface area contributed by atoms with Gasteiger partial charge in [0.15, 0.2) is 0 Å². The van der Waals surface area contributed by atoms with Crippen LogP contribution in [0.4, 0.5) is 4.79 Å². The van der Waals surface area contributed by atoms with Crippen LogP contribution in [-0.4, -0.2) is 34.6 Å². The van der Waals surface area contributed by atoms with Crippen LogP contribution in [-0.2, 0) is 20.9 Å². The van der Waals surface area contributed by atoms with Crippen LogP contribution in [0, 0.1) is 5.92 Å². The van der Waals surface area contributed by atoms with Crippen LogP contribution in [0.25, 0.3) is 0 Å². The maximum atomic E-state index is 12.9. The fraction of sp³-hybridized carbons (Fsp3) is 0.524. The van der Waals surface area contributed by atoms with Gasteiger partial charge in [0, 0.05) is 12.0 Å². The molecule has 1 amide bonds. The summed E-state index contributed by atoms with van der Waals surface area (Å²) in [4.78, 5) is 27.2. The van der Waals surface area contributed by atoms with Crippen molar-refractivity contribution >= 4 is 12.1 Å². The van der Waals surface area contributed by atoms with Gasteiger partial charge in [-0.2, -0.15) is 0 Å². The summed E-state index contributed by atoms with van der Waals surface area (Å²) in [6, 6.07) is 8.85. The molecule has 2 saturated heterocycles. The smallest absolute Gasteiger partial charge is 0.411 e. The van der Waals surface area contributed by atoms with E-state index in [-0.39, 0.29) is 24.5 Å². The van der Waals surface area contributed by atoms with E-state index in [0.717, 1.165) is 30.4 Å². The Kier molecular flexibility index (Phi) is 5.08. The normalized spacial score (nSPS) is 25.1. The summed E-state index contributed by atoms with van der Waals surface area (Å²) in [5, 5.41) is 0. The minimum absolute atomic E-state index is 0.0448. The number of hydrogen-bond donors (Lipinski definition) is 0. The molecule has 1 saturated carbocycles. The van der Waals surface area contributed by atoms with Crippen LogP contribution in [0.15, 0.2) is 42.5 Å². The van der Waals surface area contributed by atoms with Crippen LogP contribution in [0.5, 0.6) is 0 Å². The van der Waals surface area contributed by atoms with Gasteiger partial charge in [0.2, 0.25) is 0 Å². The molecule has 140 valence electrons. The topological polar surface area (TPSA) is 55.8 Å². The molecule has 1 aromatic rings. The lowest BCUT2D eigenvalue weighted by molar-refractivity contribution is -0.157. The summed E-state index contributed by atoms with van der Waals surface area (Å²) in [6.45, 7) is 9.81. The second-order valence-corrected chi connectivity index (χ2v) is 8.13. The maximum absolute atomic E-state index is 12.9. The fourth-order valence-corrected chi connectivity index (χ4v) is 3.84. The predicted molar refractivity (Wildman–Crippen MR) is 98.4 cm³/mol. The molecule has 2 bridgehead atoms. The van der Waals surface area contributed by atoms with Crippen molar-refractivity contribution in [3.8, 4) is 0 Å². The Labute approximate surface area is 155 Å². The van der Waals surface area contributed by atoms with E-state index in [1.165, 1.54) is 0 Å². The number of hydrogen-bond acceptors (Lipinski definition) is 4. The second-order valence-electron chi connectivity index (χ2n) is 8.13. The number of rotatable bonds is 3. The quantitative estimate of drug-likeness (QED) is 0.604. The fourth-order valence-electron chi connectivity index (χ4n) is 3.84. The Morgan fingerprint density at radius 1 is 1.19 bits per heavy atom. The zero-order valence-corrected chi connectivity index (χ0v) is 15.7. The zero-order chi connectivity index (χ0) is 18.9. The molecular formula is C21H27NO4. The highest BCUT2D eigenvalue weighted by Crippen LogP contribution is 2.43. The molecule has 4 rings (SSSR count). The third-order valence-electron chi connectivity index (χ3n) is 4.98. The molecule has 0 spiro atoms. The number of carbonyl (C=O) groups is 2. The first-order valence-electron chi connectivity index (χ1n) is 9.16. The van der Waals surface area contributed by atoms with Crippen molar-refractivity contribution in [1.82, 2.24) is 4.90 Å². The number of benzene rings is 1. The molecule has 3 fully saturated rings. The van der Waals surface area contributed by atoms with E-state index >= 15 is 0 Å². The molecule has 1 aromatic carbocycles. The third-order valence-corrected chi connectivity index (χ3v) is 4.98. The molecule has 26 heavy (non-hydrogen) atoms. The summed E-state index contributed by atoms with van der Waals surface area (Å²) in [7, 11) is 0. The summed E-state index contributed by atoms with van der Waals surface area (Å²) in [5.41, 5.74) is 1.34. The number of nitrogens with zero attached hydrogens (tertiary/aromatic N) is 1. The number of esters is 1. The van der Waals surface area contributed by atoms with Crippen molar-refractivity contribution in [3.05, 3.63) is 48.0 Å². The first-order chi connectivity index (χ1) is 12.3. The first-order valence-corrected chi connectivity index (χ1v) is 9.16. The summed E-state index contributed by atoms with van der Waals surface area (Å²) in [5.74, 6) is -0.439. The molecule has 3 atom stereocenters. The van der Waals surface area contributed by atoms with Crippen LogP contribution in [0.2, 0.25) is 0 Å². The average molecular weight is 357 g/mol. The lowest BCUT2D eigenvalue weighted by atomic mass is 9.72. The van der Waals surface area contributed by atoms with Crippen molar-refractivity contribution in [2.45, 2.75) is 64.3 Å². The number of amides is 1. The predicted octanol–water partition coefficient (Wildman–Crippen LogP) is 4.07. The van der Waals surface area contributed by atoms with E-state index in [2.05, 4.69) is 6.58 Å². The summed E-state index contributed by atoms with van der Waals surface area (Å²) in [6.07, 6.45) is 2.01. The molecule has 0 N–H and O–H groups in total. The van der Waals surface area contributed by atoms with Gasteiger partial charge < -0.3 is 9.47 Å². The molecule has 2 aliphatic heterocycles. The van der Waals surface area contributed by atoms with E-state index in [1.807, 2.05) is 51.1 Å². The van der Waals surface area contributed by atoms with Gasteiger partial charge >= 0.3 is 12.1 Å². The van der Waals surface area contributed by atoms with E-state index < -0.39 is 17.7 Å². The minimum atomic E-state index is -0.645. The zero-order valence-electron chi connectivity index (χ0n) is 15.7. The van der Waals surface area contributed by atoms with Gasteiger partial charge in [-0.25, -0.2) is 9.59 Å². The molecular weight excluding hydrogens is 330 g/mol. The van der Waals surface area contributed by atoms with Gasteiger partial charge in [0.05, 0.1) is 0 Å². The SMILES string of the molecule is C=C1CC2CCC1C(C(=O)OCc1ccccc1)N2C(=O)OC(C)(C)C. The first kappa shape index (κ1) is 18.5. The molecule has 3 unspecified atom stereocenters. The highest BCUT2D eigenvalue weighted by Gasteiger charge is 2.51. The van der Waals surface area contributed by atoms with Crippen LogP contribution < -0.4 is 0 Å². The lowest BCUT2D eigenvalue weighted by Crippen LogP contribution is -2.62. The van der Waals surface area contributed by atoms with E-state index in [9.17, 15) is 9.59 Å². The Bertz CT molecular complexity index is 692. The van der Waals surface area contributed by atoms with E-state index in [4.69, 9.17) is 9.47 Å². The number of piperidine rings is 2. The van der Waals surface area contributed by atoms with Crippen LogP contribution in [0.3, 0.4) is 0 Å². The molecule has 5 heteroatoms. The second kappa shape index (κ2) is 7.14. The number of carbonyl (C=O) groups excluding carboxylic acids is 2. The Hall–Kier alpha value is -2.30. The molecule has 5 nitrogen and oxygen atoms in total. The highest BCUT2D eigenvalue weighted by molar-refractivity contribution is 5.83. The van der Waals surface area contributed by atoms with Crippen molar-refractivity contribution in [1.29, 1.82) is 0 Å². The van der Waals surface area contributed by atoms with Crippen molar-refractivity contribution < 1.29 is 19.1 Å². The summed E-state index contributed by atoms with van der Waals surface area (Å²) < 4.78 is 11.1. The maximum Gasteiger partial charge on any atom is 0.411 e. The molecule has 3 aliphatic rings. The Balaban J connectivity index is 1.77. The molecule has 2 heterocycles. The molecule has 0 radical (unpaired) electrons. The third kappa shape index (κ3) is 3.92. The monoisotopic (exact) mass is 357 g/mol. The van der Waals surface area contributed by atoms with Gasteiger partial charge in [-0.05, 0) is 45.6 Å². The van der Waals surface area contributed by atoms with E-state index in [1.54, 1.807) is 4.90 Å². The van der Waals surface area contributed by atoms with Gasteiger partial charge in [0.1, 0.15) is 18.2 Å². The Morgan fingerprint density at radius 3 is 2.50 bits per heavy atom. The minimum Gasteiger partial charge on any atom is -0.459 e. The summed E-state index contributed by atoms with van der Waals surface area (Å²) >= 11 is 0. The van der Waals surface area contributed by atoms with Gasteiger partial charge in [-0.3, -0.25) is 4.90 Å². The highest BCUT2D eigenvalue weighted by atomic mass is 16.6. The lowest BCUT2D eigenvalue weighted by Gasteiger charge is -2.50. The Morgan fingerprint density at radius 2 is 1.88 bits per heavy atom. The molecule has 1 aliphatic carbocycles. The van der Waals surface area contributed by atoms with Crippen LogP contribution >= 0.6 is 0 Å². The van der Waals surface area contributed by atoms with Crippen LogP contribution in [0.1, 0.15) is 45.6 Å². The standard InChI is InChI=1S/C21H27NO4/c1-14-12-16-10-11-17(14)18(22(16)20(24)26-21(2,3)4)19(23)25-13-15-8-6-5-7-9-15/h5-9,16-18H,1,10-13H2,2-4H3. The van der Waals surface area contributed by atoms with Gasteiger partial charge in [-0.1, -0.05) is 42.5 Å². The number of fused-ring (bicyclic) bond motifs is 3. The van der Waals surface area contributed by atoms with Crippen molar-refractivity contribution in [3.63, 3.8) is 0 Å². The van der Waals surface area contributed by atoms with Crippen molar-refractivity contribution in [2.75, 3.05) is 0 Å². The van der Waals surface area contributed by atoms with E-state index in [0.29, 0.717) is 0 Å². The van der Waals surface area contributed by atoms with Gasteiger partial charge in [0.25, 0.3) is 0 Å². The van der Waals surface area contributed by atoms with Crippen molar-refractivity contribution in [2.24, 2.45) is 5.92 Å². The van der Waals surface area contributed by atoms with Gasteiger partial charge in [-0.15, -0.1) is 0 Å².